The normalized spacial score (nSPS) is 21.7. The molecule has 6 nitrogen and oxygen atoms in total. The molecule has 1 aromatic heterocycles. The minimum absolute atomic E-state index is 0.0711. The van der Waals surface area contributed by atoms with Crippen LogP contribution in [-0.4, -0.2) is 44.9 Å². The molecule has 0 saturated carbocycles. The molecule has 2 rings (SSSR count). The van der Waals surface area contributed by atoms with Crippen LogP contribution in [0.3, 0.4) is 0 Å². The first-order chi connectivity index (χ1) is 7.16. The van der Waals surface area contributed by atoms with Crippen molar-refractivity contribution in [1.29, 1.82) is 0 Å². The van der Waals surface area contributed by atoms with Crippen molar-refractivity contribution in [3.05, 3.63) is 11.9 Å². The summed E-state index contributed by atoms with van der Waals surface area (Å²) in [5, 5.41) is 7.54. The Kier molecular flexibility index (Phi) is 2.68. The molecular formula is C9H15N5O. The quantitative estimate of drug-likeness (QED) is 0.668. The summed E-state index contributed by atoms with van der Waals surface area (Å²) in [7, 11) is 1.74. The fourth-order valence-electron chi connectivity index (χ4n) is 1.80. The van der Waals surface area contributed by atoms with Crippen molar-refractivity contribution in [1.82, 2.24) is 19.9 Å². The molecule has 1 aliphatic rings. The third-order valence-corrected chi connectivity index (χ3v) is 2.57. The molecule has 2 heterocycles. The van der Waals surface area contributed by atoms with E-state index in [1.165, 1.54) is 4.68 Å². The van der Waals surface area contributed by atoms with Gasteiger partial charge in [-0.25, -0.2) is 0 Å². The second-order valence-corrected chi connectivity index (χ2v) is 3.93. The average molecular weight is 209 g/mol. The van der Waals surface area contributed by atoms with Gasteiger partial charge in [0, 0.05) is 26.2 Å². The molecule has 1 aromatic rings. The van der Waals surface area contributed by atoms with Gasteiger partial charge in [0.25, 0.3) is 5.91 Å². The molecule has 0 unspecified atom stereocenters. The Balaban J connectivity index is 2.07. The monoisotopic (exact) mass is 209 g/mol. The first-order valence-corrected chi connectivity index (χ1v) is 5.08. The minimum atomic E-state index is -0.0711. The first kappa shape index (κ1) is 10.1. The van der Waals surface area contributed by atoms with E-state index in [1.807, 2.05) is 0 Å². The summed E-state index contributed by atoms with van der Waals surface area (Å²) < 4.78 is 1.52. The Hall–Kier alpha value is -1.43. The number of rotatable bonds is 1. The fraction of sp³-hybridized carbons (Fsp3) is 0.667. The lowest BCUT2D eigenvalue weighted by Crippen LogP contribution is -2.45. The number of aryl methyl sites for hydroxylation is 1. The number of carbonyl (C=O) groups is 1. The Bertz CT molecular complexity index is 361. The molecule has 2 N–H and O–H groups in total. The lowest BCUT2D eigenvalue weighted by atomic mass is 10.1. The molecule has 15 heavy (non-hydrogen) atoms. The molecule has 1 amide bonds. The molecule has 0 radical (unpaired) electrons. The zero-order valence-electron chi connectivity index (χ0n) is 8.76. The highest BCUT2D eigenvalue weighted by Gasteiger charge is 2.23. The predicted molar refractivity (Wildman–Crippen MR) is 54.1 cm³/mol. The minimum Gasteiger partial charge on any atom is -0.336 e. The van der Waals surface area contributed by atoms with Crippen molar-refractivity contribution in [2.45, 2.75) is 18.9 Å². The molecule has 0 bridgehead atoms. The molecule has 0 aliphatic carbocycles. The van der Waals surface area contributed by atoms with E-state index in [-0.39, 0.29) is 11.9 Å². The first-order valence-electron chi connectivity index (χ1n) is 5.08. The summed E-state index contributed by atoms with van der Waals surface area (Å²) in [6, 6.07) is 0.0966. The molecule has 82 valence electrons. The Morgan fingerprint density at radius 3 is 3.07 bits per heavy atom. The number of hydrogen-bond acceptors (Lipinski definition) is 4. The van der Waals surface area contributed by atoms with E-state index < -0.39 is 0 Å². The summed E-state index contributed by atoms with van der Waals surface area (Å²) in [4.78, 5) is 13.7. The molecule has 1 saturated heterocycles. The highest BCUT2D eigenvalue weighted by atomic mass is 16.2. The number of hydrogen-bond donors (Lipinski definition) is 1. The lowest BCUT2D eigenvalue weighted by molar-refractivity contribution is 0.0702. The number of nitrogens with two attached hydrogens (primary N) is 1. The maximum absolute atomic E-state index is 11.9. The number of amides is 1. The molecule has 6 heteroatoms. The van der Waals surface area contributed by atoms with Crippen LogP contribution in [0.5, 0.6) is 0 Å². The number of likely N-dealkylation sites (tertiary alicyclic amines) is 1. The van der Waals surface area contributed by atoms with Gasteiger partial charge in [0.2, 0.25) is 0 Å². The van der Waals surface area contributed by atoms with E-state index in [9.17, 15) is 4.79 Å². The Labute approximate surface area is 88.0 Å². The largest absolute Gasteiger partial charge is 0.336 e. The van der Waals surface area contributed by atoms with Gasteiger partial charge in [-0.3, -0.25) is 9.48 Å². The zero-order valence-corrected chi connectivity index (χ0v) is 8.76. The smallest absolute Gasteiger partial charge is 0.276 e. The van der Waals surface area contributed by atoms with Crippen molar-refractivity contribution in [3.63, 3.8) is 0 Å². The second-order valence-electron chi connectivity index (χ2n) is 3.93. The Morgan fingerprint density at radius 1 is 1.67 bits per heavy atom. The van der Waals surface area contributed by atoms with Crippen molar-refractivity contribution in [2.75, 3.05) is 13.1 Å². The van der Waals surface area contributed by atoms with E-state index in [0.29, 0.717) is 12.2 Å². The highest BCUT2D eigenvalue weighted by molar-refractivity contribution is 5.92. The van der Waals surface area contributed by atoms with Gasteiger partial charge < -0.3 is 10.6 Å². The van der Waals surface area contributed by atoms with Gasteiger partial charge >= 0.3 is 0 Å². The van der Waals surface area contributed by atoms with Crippen molar-refractivity contribution < 1.29 is 4.79 Å². The van der Waals surface area contributed by atoms with Gasteiger partial charge in [0.15, 0.2) is 5.69 Å². The topological polar surface area (TPSA) is 77.0 Å². The number of aromatic nitrogens is 3. The van der Waals surface area contributed by atoms with E-state index in [0.717, 1.165) is 19.4 Å². The molecule has 0 aromatic carbocycles. The average Bonchev–Trinajstić information content (AvgIpc) is 2.64. The van der Waals surface area contributed by atoms with Crippen LogP contribution in [0, 0.1) is 0 Å². The maximum atomic E-state index is 11.9. The van der Waals surface area contributed by atoms with E-state index in [2.05, 4.69) is 10.3 Å². The zero-order chi connectivity index (χ0) is 10.8. The predicted octanol–water partition coefficient (Wildman–Crippen LogP) is -0.622. The van der Waals surface area contributed by atoms with Crippen LogP contribution in [-0.2, 0) is 7.05 Å². The summed E-state index contributed by atoms with van der Waals surface area (Å²) in [5.41, 5.74) is 6.21. The van der Waals surface area contributed by atoms with Gasteiger partial charge in [0.05, 0.1) is 6.20 Å². The van der Waals surface area contributed by atoms with Crippen molar-refractivity contribution >= 4 is 5.91 Å². The van der Waals surface area contributed by atoms with E-state index in [1.54, 1.807) is 18.1 Å². The molecule has 1 atom stereocenters. The van der Waals surface area contributed by atoms with Gasteiger partial charge in [0.1, 0.15) is 0 Å². The molecule has 0 spiro atoms. The molecule has 1 fully saturated rings. The Morgan fingerprint density at radius 2 is 2.47 bits per heavy atom. The second kappa shape index (κ2) is 3.98. The lowest BCUT2D eigenvalue weighted by Gasteiger charge is -2.29. The van der Waals surface area contributed by atoms with Crippen LogP contribution in [0.15, 0.2) is 6.20 Å². The highest BCUT2D eigenvalue weighted by Crippen LogP contribution is 2.10. The SMILES string of the molecule is Cn1cc(C(=O)N2CCC[C@@H](N)C2)nn1. The maximum Gasteiger partial charge on any atom is 0.276 e. The van der Waals surface area contributed by atoms with Crippen LogP contribution in [0.4, 0.5) is 0 Å². The third kappa shape index (κ3) is 2.15. The number of nitrogens with zero attached hydrogens (tertiary/aromatic N) is 4. The standard InChI is InChI=1S/C9H15N5O/c1-13-6-8(11-12-13)9(15)14-4-2-3-7(10)5-14/h6-7H,2-5,10H2,1H3/t7-/m1/s1. The van der Waals surface area contributed by atoms with Crippen molar-refractivity contribution in [3.8, 4) is 0 Å². The van der Waals surface area contributed by atoms with Gasteiger partial charge in [-0.15, -0.1) is 5.10 Å². The van der Waals surface area contributed by atoms with E-state index >= 15 is 0 Å². The molecule has 1 aliphatic heterocycles. The van der Waals surface area contributed by atoms with Crippen LogP contribution in [0.2, 0.25) is 0 Å². The van der Waals surface area contributed by atoms with Crippen LogP contribution < -0.4 is 5.73 Å². The van der Waals surface area contributed by atoms with Gasteiger partial charge in [-0.1, -0.05) is 5.21 Å². The van der Waals surface area contributed by atoms with Crippen molar-refractivity contribution in [2.24, 2.45) is 12.8 Å². The number of carbonyl (C=O) groups excluding carboxylic acids is 1. The third-order valence-electron chi connectivity index (χ3n) is 2.57. The summed E-state index contributed by atoms with van der Waals surface area (Å²) in [6.07, 6.45) is 3.58. The van der Waals surface area contributed by atoms with Crippen LogP contribution in [0.25, 0.3) is 0 Å². The fourth-order valence-corrected chi connectivity index (χ4v) is 1.80. The van der Waals surface area contributed by atoms with Crippen LogP contribution in [0.1, 0.15) is 23.3 Å². The summed E-state index contributed by atoms with van der Waals surface area (Å²) >= 11 is 0. The number of piperidine rings is 1. The van der Waals surface area contributed by atoms with Gasteiger partial charge in [-0.2, -0.15) is 0 Å². The van der Waals surface area contributed by atoms with Crippen LogP contribution >= 0.6 is 0 Å². The summed E-state index contributed by atoms with van der Waals surface area (Å²) in [5.74, 6) is -0.0711. The van der Waals surface area contributed by atoms with Gasteiger partial charge in [-0.05, 0) is 12.8 Å². The molecular weight excluding hydrogens is 194 g/mol. The van der Waals surface area contributed by atoms with E-state index in [4.69, 9.17) is 5.73 Å². The summed E-state index contributed by atoms with van der Waals surface area (Å²) in [6.45, 7) is 1.39.